The first-order valence-electron chi connectivity index (χ1n) is 5.23. The smallest absolute Gasteiger partial charge is 0.140 e. The van der Waals surface area contributed by atoms with E-state index in [9.17, 15) is 5.11 Å². The third-order valence-corrected chi connectivity index (χ3v) is 3.67. The summed E-state index contributed by atoms with van der Waals surface area (Å²) in [7, 11) is 0. The second-order valence-electron chi connectivity index (χ2n) is 3.80. The Morgan fingerprint density at radius 3 is 3.06 bits per heavy atom. The summed E-state index contributed by atoms with van der Waals surface area (Å²) in [5.41, 5.74) is 2.03. The van der Waals surface area contributed by atoms with E-state index < -0.39 is 6.10 Å². The molecule has 0 aromatic carbocycles. The molecule has 2 aromatic rings. The van der Waals surface area contributed by atoms with E-state index >= 15 is 0 Å². The van der Waals surface area contributed by atoms with Crippen LogP contribution in [0.1, 0.15) is 17.2 Å². The van der Waals surface area contributed by atoms with Crippen molar-refractivity contribution in [2.24, 2.45) is 0 Å². The fraction of sp³-hybridized carbons (Fsp3) is 0.250. The highest BCUT2D eigenvalue weighted by atomic mass is 79.9. The van der Waals surface area contributed by atoms with Crippen molar-refractivity contribution in [1.29, 1.82) is 0 Å². The van der Waals surface area contributed by atoms with Gasteiger partial charge in [-0.25, -0.2) is 4.98 Å². The van der Waals surface area contributed by atoms with Crippen LogP contribution in [-0.4, -0.2) is 16.6 Å². The molecule has 1 unspecified atom stereocenters. The number of hydrogen-bond acceptors (Lipinski definition) is 4. The molecule has 0 bridgehead atoms. The Morgan fingerprint density at radius 1 is 1.59 bits per heavy atom. The Morgan fingerprint density at radius 2 is 2.41 bits per heavy atom. The van der Waals surface area contributed by atoms with Gasteiger partial charge in [0, 0.05) is 12.7 Å². The van der Waals surface area contributed by atoms with Crippen molar-refractivity contribution in [2.75, 3.05) is 11.9 Å². The number of halogens is 1. The van der Waals surface area contributed by atoms with Gasteiger partial charge in [0.15, 0.2) is 0 Å². The zero-order valence-corrected chi connectivity index (χ0v) is 11.8. The highest BCUT2D eigenvalue weighted by molar-refractivity contribution is 9.10. The van der Waals surface area contributed by atoms with E-state index in [-0.39, 0.29) is 0 Å². The molecule has 2 heterocycles. The Labute approximate surface area is 113 Å². The van der Waals surface area contributed by atoms with Crippen molar-refractivity contribution in [1.82, 2.24) is 4.98 Å². The lowest BCUT2D eigenvalue weighted by molar-refractivity contribution is 0.192. The molecule has 2 rings (SSSR count). The van der Waals surface area contributed by atoms with Crippen LogP contribution in [-0.2, 0) is 0 Å². The molecule has 0 fully saturated rings. The molecule has 0 aliphatic heterocycles. The average molecular weight is 313 g/mol. The maximum atomic E-state index is 9.92. The molecule has 2 aromatic heterocycles. The van der Waals surface area contributed by atoms with E-state index in [1.807, 2.05) is 29.8 Å². The molecule has 1 atom stereocenters. The lowest BCUT2D eigenvalue weighted by Crippen LogP contribution is -2.12. The van der Waals surface area contributed by atoms with Gasteiger partial charge < -0.3 is 10.4 Å². The van der Waals surface area contributed by atoms with Gasteiger partial charge in [-0.05, 0) is 56.9 Å². The summed E-state index contributed by atoms with van der Waals surface area (Å²) in [4.78, 5) is 4.26. The third-order valence-electron chi connectivity index (χ3n) is 2.37. The molecule has 0 aliphatic carbocycles. The Hall–Kier alpha value is -0.910. The number of hydrogen-bond donors (Lipinski definition) is 2. The molecule has 17 heavy (non-hydrogen) atoms. The molecule has 0 aliphatic rings. The number of rotatable bonds is 4. The fourth-order valence-electron chi connectivity index (χ4n) is 1.44. The van der Waals surface area contributed by atoms with Crippen molar-refractivity contribution in [2.45, 2.75) is 13.0 Å². The largest absolute Gasteiger partial charge is 0.387 e. The second-order valence-corrected chi connectivity index (χ2v) is 5.43. The predicted octanol–water partition coefficient (Wildman–Crippen LogP) is 3.36. The number of aliphatic hydroxyl groups excluding tert-OH is 1. The number of aromatic nitrogens is 1. The average Bonchev–Trinajstić information content (AvgIpc) is 2.81. The minimum atomic E-state index is -0.503. The van der Waals surface area contributed by atoms with Gasteiger partial charge in [-0.1, -0.05) is 0 Å². The number of anilines is 1. The van der Waals surface area contributed by atoms with Gasteiger partial charge in [-0.2, -0.15) is 11.3 Å². The molecule has 5 heteroatoms. The number of aryl methyl sites for hydroxylation is 1. The lowest BCUT2D eigenvalue weighted by atomic mass is 10.2. The third kappa shape index (κ3) is 3.28. The Bertz CT molecular complexity index is 487. The van der Waals surface area contributed by atoms with Crippen LogP contribution in [0.4, 0.5) is 5.82 Å². The maximum Gasteiger partial charge on any atom is 0.140 e. The van der Waals surface area contributed by atoms with Gasteiger partial charge in [0.2, 0.25) is 0 Å². The van der Waals surface area contributed by atoms with Gasteiger partial charge in [-0.3, -0.25) is 0 Å². The van der Waals surface area contributed by atoms with Crippen molar-refractivity contribution >= 4 is 33.1 Å². The van der Waals surface area contributed by atoms with Gasteiger partial charge in [0.05, 0.1) is 10.6 Å². The molecule has 90 valence electrons. The fourth-order valence-corrected chi connectivity index (χ4v) is 2.75. The molecular formula is C12H13BrN2OS. The van der Waals surface area contributed by atoms with Crippen molar-refractivity contribution in [3.63, 3.8) is 0 Å². The maximum absolute atomic E-state index is 9.92. The van der Waals surface area contributed by atoms with Crippen LogP contribution in [0.25, 0.3) is 0 Å². The van der Waals surface area contributed by atoms with Crippen LogP contribution in [0, 0.1) is 6.92 Å². The molecule has 2 N–H and O–H groups in total. The van der Waals surface area contributed by atoms with Crippen LogP contribution < -0.4 is 5.32 Å². The van der Waals surface area contributed by atoms with E-state index in [1.165, 1.54) is 0 Å². The van der Waals surface area contributed by atoms with Crippen LogP contribution in [0.3, 0.4) is 0 Å². The van der Waals surface area contributed by atoms with Crippen LogP contribution in [0.5, 0.6) is 0 Å². The first kappa shape index (κ1) is 12.5. The summed E-state index contributed by atoms with van der Waals surface area (Å²) < 4.78 is 0.912. The van der Waals surface area contributed by atoms with Crippen molar-refractivity contribution in [3.05, 3.63) is 44.7 Å². The summed E-state index contributed by atoms with van der Waals surface area (Å²) >= 11 is 5.02. The van der Waals surface area contributed by atoms with E-state index in [1.54, 1.807) is 17.5 Å². The number of thiophene rings is 1. The van der Waals surface area contributed by atoms with Crippen LogP contribution in [0.2, 0.25) is 0 Å². The van der Waals surface area contributed by atoms with Crippen molar-refractivity contribution < 1.29 is 5.11 Å². The minimum Gasteiger partial charge on any atom is -0.387 e. The first-order valence-corrected chi connectivity index (χ1v) is 6.96. The normalized spacial score (nSPS) is 12.4. The SMILES string of the molecule is Cc1cnc(NCC(O)c2ccsc2)c(Br)c1. The monoisotopic (exact) mass is 312 g/mol. The predicted molar refractivity (Wildman–Crippen MR) is 74.4 cm³/mol. The zero-order valence-electron chi connectivity index (χ0n) is 9.35. The molecule has 3 nitrogen and oxygen atoms in total. The molecule has 0 saturated heterocycles. The highest BCUT2D eigenvalue weighted by Gasteiger charge is 2.09. The Kier molecular flexibility index (Phi) is 4.15. The molecule has 0 amide bonds. The molecule has 0 saturated carbocycles. The standard InChI is InChI=1S/C12H13BrN2OS/c1-8-4-10(13)12(14-5-8)15-6-11(16)9-2-3-17-7-9/h2-5,7,11,16H,6H2,1H3,(H,14,15). The van der Waals surface area contributed by atoms with E-state index in [2.05, 4.69) is 26.2 Å². The first-order chi connectivity index (χ1) is 8.16. The second kappa shape index (κ2) is 5.62. The van der Waals surface area contributed by atoms with Crippen molar-refractivity contribution in [3.8, 4) is 0 Å². The Balaban J connectivity index is 1.98. The van der Waals surface area contributed by atoms with Gasteiger partial charge in [0.25, 0.3) is 0 Å². The van der Waals surface area contributed by atoms with Crippen LogP contribution in [0.15, 0.2) is 33.6 Å². The summed E-state index contributed by atoms with van der Waals surface area (Å²) in [5, 5.41) is 16.9. The highest BCUT2D eigenvalue weighted by Crippen LogP contribution is 2.22. The van der Waals surface area contributed by atoms with Gasteiger partial charge in [-0.15, -0.1) is 0 Å². The van der Waals surface area contributed by atoms with Crippen LogP contribution >= 0.6 is 27.3 Å². The zero-order chi connectivity index (χ0) is 12.3. The molecule has 0 spiro atoms. The lowest BCUT2D eigenvalue weighted by Gasteiger charge is -2.12. The molecule has 0 radical (unpaired) electrons. The molecular weight excluding hydrogens is 300 g/mol. The summed E-state index contributed by atoms with van der Waals surface area (Å²) in [6, 6.07) is 3.92. The van der Waals surface area contributed by atoms with Gasteiger partial charge in [0.1, 0.15) is 5.82 Å². The summed E-state index contributed by atoms with van der Waals surface area (Å²) in [6.45, 7) is 2.44. The summed E-state index contributed by atoms with van der Waals surface area (Å²) in [5.74, 6) is 0.755. The van der Waals surface area contributed by atoms with E-state index in [4.69, 9.17) is 0 Å². The number of pyridine rings is 1. The number of aliphatic hydroxyl groups is 1. The van der Waals surface area contributed by atoms with Gasteiger partial charge >= 0.3 is 0 Å². The minimum absolute atomic E-state index is 0.450. The topological polar surface area (TPSA) is 45.2 Å². The van der Waals surface area contributed by atoms with E-state index in [0.29, 0.717) is 6.54 Å². The number of nitrogens with one attached hydrogen (secondary N) is 1. The van der Waals surface area contributed by atoms with E-state index in [0.717, 1.165) is 21.4 Å². The summed E-state index contributed by atoms with van der Waals surface area (Å²) in [6.07, 6.45) is 1.29. The number of nitrogens with zero attached hydrogens (tertiary/aromatic N) is 1. The quantitative estimate of drug-likeness (QED) is 0.910.